The number of halogens is 3. The number of benzene rings is 5. The fourth-order valence-corrected chi connectivity index (χ4v) is 5.15. The van der Waals surface area contributed by atoms with Crippen molar-refractivity contribution in [1.82, 2.24) is 4.57 Å². The van der Waals surface area contributed by atoms with Crippen LogP contribution in [0.25, 0.3) is 49.7 Å². The van der Waals surface area contributed by atoms with Crippen LogP contribution in [0.2, 0.25) is 0 Å². The molecule has 0 saturated carbocycles. The zero-order valence-electron chi connectivity index (χ0n) is 20.4. The summed E-state index contributed by atoms with van der Waals surface area (Å²) < 4.78 is 43.2. The van der Waals surface area contributed by atoms with E-state index in [-0.39, 0.29) is 0 Å². The van der Waals surface area contributed by atoms with E-state index in [1.807, 2.05) is 65.2 Å². The van der Waals surface area contributed by atoms with Crippen molar-refractivity contribution >= 4 is 21.8 Å². The molecule has 0 atom stereocenters. The van der Waals surface area contributed by atoms with E-state index < -0.39 is 11.7 Å². The average Bonchev–Trinajstić information content (AvgIpc) is 3.30. The normalized spacial score (nSPS) is 11.4. The minimum atomic E-state index is -4.49. The molecular weight excluding hydrogens is 495 g/mol. The highest BCUT2D eigenvalue weighted by Gasteiger charge is 2.31. The van der Waals surface area contributed by atoms with Gasteiger partial charge in [0.25, 0.3) is 0 Å². The van der Waals surface area contributed by atoms with E-state index in [0.29, 0.717) is 22.3 Å². The lowest BCUT2D eigenvalue weighted by Gasteiger charge is -2.17. The molecule has 0 saturated heterocycles. The molecule has 0 radical (unpaired) electrons. The first-order valence-electron chi connectivity index (χ1n) is 12.1. The van der Waals surface area contributed by atoms with E-state index in [4.69, 9.17) is 0 Å². The third-order valence-corrected chi connectivity index (χ3v) is 6.89. The minimum absolute atomic E-state index is 0.445. The molecule has 6 rings (SSSR count). The molecule has 0 aliphatic heterocycles. The van der Waals surface area contributed by atoms with Gasteiger partial charge in [-0.1, -0.05) is 60.7 Å². The number of aromatic nitrogens is 1. The SMILES string of the molecule is N#Cc1cccc(-c2cc(C#N)ccc2-c2ccccc2-n2c3ccccc3c3ccc(C(F)(F)F)cc32)c1. The maximum absolute atomic E-state index is 13.8. The Balaban J connectivity index is 1.69. The minimum Gasteiger partial charge on any atom is -0.309 e. The van der Waals surface area contributed by atoms with Crippen molar-refractivity contribution in [1.29, 1.82) is 10.5 Å². The van der Waals surface area contributed by atoms with Gasteiger partial charge in [-0.25, -0.2) is 0 Å². The van der Waals surface area contributed by atoms with Gasteiger partial charge in [-0.05, 0) is 65.2 Å². The fraction of sp³-hybridized carbons (Fsp3) is 0.0303. The van der Waals surface area contributed by atoms with Crippen LogP contribution in [0.15, 0.2) is 109 Å². The van der Waals surface area contributed by atoms with E-state index in [9.17, 15) is 23.7 Å². The van der Waals surface area contributed by atoms with Crippen molar-refractivity contribution in [3.05, 3.63) is 126 Å². The van der Waals surface area contributed by atoms with Crippen LogP contribution in [-0.4, -0.2) is 4.57 Å². The lowest BCUT2D eigenvalue weighted by atomic mass is 9.91. The van der Waals surface area contributed by atoms with E-state index in [0.717, 1.165) is 44.6 Å². The zero-order chi connectivity index (χ0) is 27.1. The highest BCUT2D eigenvalue weighted by molar-refractivity contribution is 6.10. The van der Waals surface area contributed by atoms with Crippen molar-refractivity contribution in [2.75, 3.05) is 0 Å². The van der Waals surface area contributed by atoms with Gasteiger partial charge < -0.3 is 4.57 Å². The molecule has 0 aliphatic rings. The van der Waals surface area contributed by atoms with Crippen LogP contribution in [-0.2, 0) is 6.18 Å². The predicted octanol–water partition coefficient (Wildman–Crippen LogP) is 8.88. The molecule has 39 heavy (non-hydrogen) atoms. The van der Waals surface area contributed by atoms with Crippen LogP contribution in [0.1, 0.15) is 16.7 Å². The molecule has 3 nitrogen and oxygen atoms in total. The number of alkyl halides is 3. The van der Waals surface area contributed by atoms with Gasteiger partial charge in [-0.2, -0.15) is 23.7 Å². The monoisotopic (exact) mass is 513 g/mol. The number of hydrogen-bond donors (Lipinski definition) is 0. The maximum Gasteiger partial charge on any atom is 0.416 e. The second-order valence-electron chi connectivity index (χ2n) is 9.16. The molecule has 5 aromatic carbocycles. The van der Waals surface area contributed by atoms with Crippen molar-refractivity contribution in [3.8, 4) is 40.1 Å². The Labute approximate surface area is 222 Å². The van der Waals surface area contributed by atoms with E-state index in [1.54, 1.807) is 30.3 Å². The zero-order valence-corrected chi connectivity index (χ0v) is 20.4. The third kappa shape index (κ3) is 4.09. The van der Waals surface area contributed by atoms with Crippen LogP contribution in [0, 0.1) is 22.7 Å². The van der Waals surface area contributed by atoms with Crippen LogP contribution in [0.4, 0.5) is 13.2 Å². The quantitative estimate of drug-likeness (QED) is 0.237. The molecule has 1 heterocycles. The Morgan fingerprint density at radius 1 is 0.564 bits per heavy atom. The van der Waals surface area contributed by atoms with Crippen molar-refractivity contribution in [2.45, 2.75) is 6.18 Å². The Bertz CT molecular complexity index is 1990. The summed E-state index contributed by atoms with van der Waals surface area (Å²) in [5.74, 6) is 0. The number of fused-ring (bicyclic) bond motifs is 3. The maximum atomic E-state index is 13.8. The molecule has 0 unspecified atom stereocenters. The molecule has 1 aromatic heterocycles. The van der Waals surface area contributed by atoms with Gasteiger partial charge in [-0.3, -0.25) is 0 Å². The Hall–Kier alpha value is -5.33. The van der Waals surface area contributed by atoms with Crippen LogP contribution in [0.3, 0.4) is 0 Å². The summed E-state index contributed by atoms with van der Waals surface area (Å²) >= 11 is 0. The van der Waals surface area contributed by atoms with Crippen LogP contribution < -0.4 is 0 Å². The van der Waals surface area contributed by atoms with E-state index >= 15 is 0 Å². The van der Waals surface area contributed by atoms with E-state index in [1.165, 1.54) is 12.1 Å². The summed E-state index contributed by atoms with van der Waals surface area (Å²) in [5.41, 5.74) is 5.22. The van der Waals surface area contributed by atoms with Crippen molar-refractivity contribution < 1.29 is 13.2 Å². The lowest BCUT2D eigenvalue weighted by Crippen LogP contribution is -2.05. The van der Waals surface area contributed by atoms with Gasteiger partial charge in [0.15, 0.2) is 0 Å². The first kappa shape index (κ1) is 24.0. The standard InChI is InChI=1S/C33H18F3N3/c34-33(35,36)24-13-15-28-27-9-2-4-11-31(27)39(32(28)18-24)30-10-3-1-8-26(30)25-14-12-22(20-38)17-29(25)23-7-5-6-21(16-23)19-37/h1-18H. The summed E-state index contributed by atoms with van der Waals surface area (Å²) in [6.07, 6.45) is -4.49. The second-order valence-corrected chi connectivity index (χ2v) is 9.16. The Morgan fingerprint density at radius 3 is 2.08 bits per heavy atom. The topological polar surface area (TPSA) is 52.5 Å². The van der Waals surface area contributed by atoms with Crippen LogP contribution in [0.5, 0.6) is 0 Å². The van der Waals surface area contributed by atoms with Gasteiger partial charge in [0, 0.05) is 16.3 Å². The molecule has 0 fully saturated rings. The molecular formula is C33H18F3N3. The Morgan fingerprint density at radius 2 is 1.28 bits per heavy atom. The summed E-state index contributed by atoms with van der Waals surface area (Å²) in [6, 6.07) is 35.7. The average molecular weight is 514 g/mol. The van der Waals surface area contributed by atoms with Gasteiger partial charge in [0.1, 0.15) is 0 Å². The number of rotatable bonds is 3. The van der Waals surface area contributed by atoms with Gasteiger partial charge in [0.05, 0.1) is 45.5 Å². The third-order valence-electron chi connectivity index (χ3n) is 6.89. The van der Waals surface area contributed by atoms with Crippen LogP contribution >= 0.6 is 0 Å². The summed E-state index contributed by atoms with van der Waals surface area (Å²) in [6.45, 7) is 0. The largest absolute Gasteiger partial charge is 0.416 e. The molecule has 0 spiro atoms. The summed E-state index contributed by atoms with van der Waals surface area (Å²) in [7, 11) is 0. The van der Waals surface area contributed by atoms with Crippen molar-refractivity contribution in [2.24, 2.45) is 0 Å². The lowest BCUT2D eigenvalue weighted by molar-refractivity contribution is -0.137. The molecule has 6 aromatic rings. The summed E-state index contributed by atoms with van der Waals surface area (Å²) in [5, 5.41) is 20.6. The van der Waals surface area contributed by atoms with Crippen molar-refractivity contribution in [3.63, 3.8) is 0 Å². The molecule has 0 amide bonds. The molecule has 0 aliphatic carbocycles. The second kappa shape index (κ2) is 9.20. The number of hydrogen-bond acceptors (Lipinski definition) is 2. The first-order valence-corrected chi connectivity index (χ1v) is 12.1. The predicted molar refractivity (Wildman–Crippen MR) is 146 cm³/mol. The molecule has 186 valence electrons. The molecule has 0 bridgehead atoms. The van der Waals surface area contributed by atoms with E-state index in [2.05, 4.69) is 12.1 Å². The highest BCUT2D eigenvalue weighted by Crippen LogP contribution is 2.41. The first-order chi connectivity index (χ1) is 18.9. The smallest absolute Gasteiger partial charge is 0.309 e. The molecule has 0 N–H and O–H groups in total. The summed E-state index contributed by atoms with van der Waals surface area (Å²) in [4.78, 5) is 0. The fourth-order valence-electron chi connectivity index (χ4n) is 5.15. The van der Waals surface area contributed by atoms with Gasteiger partial charge >= 0.3 is 6.18 Å². The van der Waals surface area contributed by atoms with Gasteiger partial charge in [0.2, 0.25) is 0 Å². The number of para-hydroxylation sites is 2. The molecule has 6 heteroatoms. The number of nitriles is 2. The number of nitrogens with zero attached hydrogens (tertiary/aromatic N) is 3. The van der Waals surface area contributed by atoms with Gasteiger partial charge in [-0.15, -0.1) is 0 Å². The highest BCUT2D eigenvalue weighted by atomic mass is 19.4. The Kier molecular flexibility index (Phi) is 5.67.